The minimum Gasteiger partial charge on any atom is -0.368 e. The molecule has 1 rings (SSSR count). The predicted octanol–water partition coefficient (Wildman–Crippen LogP) is -0.118. The summed E-state index contributed by atoms with van der Waals surface area (Å²) in [5.41, 5.74) is 6.00. The molecule has 1 atom stereocenters. The van der Waals surface area contributed by atoms with Gasteiger partial charge in [0.05, 0.1) is 6.04 Å². The van der Waals surface area contributed by atoms with Crippen LogP contribution in [0.5, 0.6) is 0 Å². The molecule has 0 aliphatic rings. The lowest BCUT2D eigenvalue weighted by atomic mass is 10.1. The van der Waals surface area contributed by atoms with Crippen molar-refractivity contribution in [2.45, 2.75) is 12.5 Å². The van der Waals surface area contributed by atoms with Gasteiger partial charge in [0.25, 0.3) is 6.64 Å². The van der Waals surface area contributed by atoms with E-state index in [0.29, 0.717) is 0 Å². The van der Waals surface area contributed by atoms with Crippen LogP contribution in [0, 0.1) is 0 Å². The lowest BCUT2D eigenvalue weighted by molar-refractivity contribution is -0.119. The summed E-state index contributed by atoms with van der Waals surface area (Å²) in [6, 6.07) is 8.25. The van der Waals surface area contributed by atoms with Crippen LogP contribution >= 0.6 is 6.64 Å². The summed E-state index contributed by atoms with van der Waals surface area (Å²) in [6.45, 7) is -3.63. The van der Waals surface area contributed by atoms with Gasteiger partial charge in [-0.05, 0) is 23.8 Å². The fourth-order valence-corrected chi connectivity index (χ4v) is 2.27. The third kappa shape index (κ3) is 4.83. The Morgan fingerprint density at radius 3 is 2.44 bits per heavy atom. The maximum atomic E-state index is 11.1. The van der Waals surface area contributed by atoms with E-state index in [1.54, 1.807) is 0 Å². The molecular formula is C9H13N2O3PS. The van der Waals surface area contributed by atoms with Crippen molar-refractivity contribution in [3.63, 3.8) is 0 Å². The molecule has 88 valence electrons. The van der Waals surface area contributed by atoms with Crippen LogP contribution in [-0.2, 0) is 23.0 Å². The Bertz CT molecular complexity index is 406. The van der Waals surface area contributed by atoms with Crippen LogP contribution in [0.2, 0.25) is 0 Å². The molecule has 5 N–H and O–H groups in total. The van der Waals surface area contributed by atoms with E-state index in [1.165, 1.54) is 0 Å². The summed E-state index contributed by atoms with van der Waals surface area (Å²) < 4.78 is 0. The number of hydrogen-bond acceptors (Lipinski definition) is 2. The molecule has 7 heteroatoms. The number of hydrogen-bond donors (Lipinski definition) is 4. The molecule has 1 aromatic rings. The molecule has 1 unspecified atom stereocenters. The van der Waals surface area contributed by atoms with Gasteiger partial charge < -0.3 is 15.5 Å². The van der Waals surface area contributed by atoms with Crippen molar-refractivity contribution in [2.24, 2.45) is 5.73 Å². The molecule has 1 aromatic carbocycles. The summed E-state index contributed by atoms with van der Waals surface area (Å²) in [5.74, 6) is -0.666. The molecule has 0 saturated heterocycles. The number of nitrogens with one attached hydrogen (secondary N) is 1. The standard InChI is InChI=1S/C9H13N2O3PS/c10-9(12)8(11-15(13,14)16)6-7-4-2-1-3-5-7/h1-5,8H,6H2,(H2,10,12)(H3,11,13,14,16). The van der Waals surface area contributed by atoms with Crippen molar-refractivity contribution in [1.82, 2.24) is 5.09 Å². The molecule has 16 heavy (non-hydrogen) atoms. The average Bonchev–Trinajstić information content (AvgIpc) is 2.16. The molecule has 0 fully saturated rings. The van der Waals surface area contributed by atoms with E-state index in [-0.39, 0.29) is 6.42 Å². The van der Waals surface area contributed by atoms with E-state index in [9.17, 15) is 4.79 Å². The summed E-state index contributed by atoms with van der Waals surface area (Å²) in [7, 11) is 0. The van der Waals surface area contributed by atoms with Gasteiger partial charge in [0.1, 0.15) is 0 Å². The zero-order valence-corrected chi connectivity index (χ0v) is 10.1. The SMILES string of the molecule is NC(=O)C(Cc1ccccc1)NP(O)(O)=S. The largest absolute Gasteiger partial charge is 0.368 e. The van der Waals surface area contributed by atoms with Crippen molar-refractivity contribution >= 4 is 24.4 Å². The fraction of sp³-hybridized carbons (Fsp3) is 0.222. The molecular weight excluding hydrogens is 247 g/mol. The number of nitrogens with two attached hydrogens (primary N) is 1. The fourth-order valence-electron chi connectivity index (χ4n) is 1.26. The summed E-state index contributed by atoms with van der Waals surface area (Å²) in [4.78, 5) is 29.2. The molecule has 0 heterocycles. The van der Waals surface area contributed by atoms with E-state index in [0.717, 1.165) is 5.56 Å². The maximum absolute atomic E-state index is 11.1. The topological polar surface area (TPSA) is 95.6 Å². The number of primary amides is 1. The van der Waals surface area contributed by atoms with Crippen LogP contribution in [0.15, 0.2) is 30.3 Å². The van der Waals surface area contributed by atoms with Crippen LogP contribution in [0.4, 0.5) is 0 Å². The monoisotopic (exact) mass is 260 g/mol. The second kappa shape index (κ2) is 5.52. The van der Waals surface area contributed by atoms with Gasteiger partial charge in [0, 0.05) is 0 Å². The zero-order valence-electron chi connectivity index (χ0n) is 8.41. The molecule has 0 saturated carbocycles. The molecule has 1 amide bonds. The second-order valence-corrected chi connectivity index (χ2v) is 6.19. The van der Waals surface area contributed by atoms with Gasteiger partial charge in [0.2, 0.25) is 5.91 Å². The van der Waals surface area contributed by atoms with Crippen LogP contribution in [0.1, 0.15) is 5.56 Å². The first-order valence-electron chi connectivity index (χ1n) is 4.55. The average molecular weight is 260 g/mol. The third-order valence-electron chi connectivity index (χ3n) is 1.95. The van der Waals surface area contributed by atoms with Crippen molar-refractivity contribution in [2.75, 3.05) is 0 Å². The molecule has 5 nitrogen and oxygen atoms in total. The van der Waals surface area contributed by atoms with Gasteiger partial charge in [-0.3, -0.25) is 4.79 Å². The number of rotatable bonds is 5. The summed E-state index contributed by atoms with van der Waals surface area (Å²) in [5, 5.41) is 2.27. The van der Waals surface area contributed by atoms with Crippen LogP contribution in [-0.4, -0.2) is 21.7 Å². The molecule has 0 aromatic heterocycles. The first-order chi connectivity index (χ1) is 7.38. The minimum absolute atomic E-state index is 0.273. The molecule has 0 spiro atoms. The number of benzene rings is 1. The highest BCUT2D eigenvalue weighted by Crippen LogP contribution is 2.30. The van der Waals surface area contributed by atoms with E-state index >= 15 is 0 Å². The van der Waals surface area contributed by atoms with Crippen LogP contribution in [0.3, 0.4) is 0 Å². The van der Waals surface area contributed by atoms with Gasteiger partial charge >= 0.3 is 0 Å². The second-order valence-electron chi connectivity index (χ2n) is 3.32. The van der Waals surface area contributed by atoms with Crippen LogP contribution in [0.25, 0.3) is 0 Å². The first-order valence-corrected chi connectivity index (χ1v) is 7.26. The quantitative estimate of drug-likeness (QED) is 0.554. The van der Waals surface area contributed by atoms with E-state index in [2.05, 4.69) is 16.9 Å². The highest BCUT2D eigenvalue weighted by molar-refractivity contribution is 8.08. The molecule has 0 radical (unpaired) electrons. The Hall–Kier alpha value is -0.780. The summed E-state index contributed by atoms with van der Waals surface area (Å²) in [6.07, 6.45) is 0.273. The third-order valence-corrected chi connectivity index (χ3v) is 2.91. The van der Waals surface area contributed by atoms with Crippen molar-refractivity contribution < 1.29 is 14.6 Å². The Morgan fingerprint density at radius 1 is 1.44 bits per heavy atom. The highest BCUT2D eigenvalue weighted by Gasteiger charge is 2.21. The number of carbonyl (C=O) groups excluding carboxylic acids is 1. The lowest BCUT2D eigenvalue weighted by Crippen LogP contribution is -2.41. The highest BCUT2D eigenvalue weighted by atomic mass is 32.5. The van der Waals surface area contributed by atoms with Crippen molar-refractivity contribution in [3.8, 4) is 0 Å². The minimum atomic E-state index is -3.63. The predicted molar refractivity (Wildman–Crippen MR) is 65.0 cm³/mol. The Morgan fingerprint density at radius 2 is 2.00 bits per heavy atom. The number of carbonyl (C=O) groups is 1. The Balaban J connectivity index is 2.73. The zero-order chi connectivity index (χ0) is 12.2. The van der Waals surface area contributed by atoms with E-state index in [1.807, 2.05) is 30.3 Å². The molecule has 0 aliphatic heterocycles. The van der Waals surface area contributed by atoms with E-state index in [4.69, 9.17) is 15.5 Å². The van der Waals surface area contributed by atoms with Crippen molar-refractivity contribution in [3.05, 3.63) is 35.9 Å². The Labute approximate surface area is 98.5 Å². The van der Waals surface area contributed by atoms with Crippen LogP contribution < -0.4 is 10.8 Å². The smallest absolute Gasteiger partial charge is 0.256 e. The normalized spacial score (nSPS) is 13.4. The summed E-state index contributed by atoms with van der Waals surface area (Å²) >= 11 is 4.40. The van der Waals surface area contributed by atoms with E-state index < -0.39 is 18.6 Å². The molecule has 0 aliphatic carbocycles. The van der Waals surface area contributed by atoms with Gasteiger partial charge in [-0.25, -0.2) is 5.09 Å². The van der Waals surface area contributed by atoms with Gasteiger partial charge in [-0.2, -0.15) is 0 Å². The maximum Gasteiger partial charge on any atom is 0.256 e. The van der Waals surface area contributed by atoms with Crippen molar-refractivity contribution in [1.29, 1.82) is 0 Å². The lowest BCUT2D eigenvalue weighted by Gasteiger charge is -2.18. The van der Waals surface area contributed by atoms with Gasteiger partial charge in [0.15, 0.2) is 0 Å². The first kappa shape index (κ1) is 13.3. The Kier molecular flexibility index (Phi) is 4.58. The van der Waals surface area contributed by atoms with Gasteiger partial charge in [-0.1, -0.05) is 30.3 Å². The molecule has 0 bridgehead atoms. The number of amides is 1. The van der Waals surface area contributed by atoms with Gasteiger partial charge in [-0.15, -0.1) is 0 Å².